The van der Waals surface area contributed by atoms with Crippen LogP contribution in [0.3, 0.4) is 0 Å². The van der Waals surface area contributed by atoms with E-state index in [1.165, 1.54) is 0 Å². The molecule has 7 aromatic carbocycles. The van der Waals surface area contributed by atoms with Gasteiger partial charge in [-0.05, 0) is 59.3 Å². The van der Waals surface area contributed by atoms with Crippen molar-refractivity contribution in [2.75, 3.05) is 0 Å². The summed E-state index contributed by atoms with van der Waals surface area (Å²) in [7, 11) is -4.31. The number of nitrogens with zero attached hydrogens (tertiary/aromatic N) is 4. The lowest BCUT2D eigenvalue weighted by molar-refractivity contribution is 0.488. The molecule has 0 saturated heterocycles. The summed E-state index contributed by atoms with van der Waals surface area (Å²) >= 11 is 0. The molecule has 0 fully saturated rings. The maximum absolute atomic E-state index is 14.1. The Kier molecular flexibility index (Phi) is 3.57. The number of rotatable bonds is 0. The van der Waals surface area contributed by atoms with Gasteiger partial charge in [0.2, 0.25) is 0 Å². The SMILES string of the molecule is O=c1c2ccc3c4ccc5c(=O)n6c7ccccc7nc6c6cc7c(c8c(cc(c2c38)c2nc3ccccc3n12)OS7(=O)=O)c4c56. The van der Waals surface area contributed by atoms with Crippen LogP contribution in [0, 0.1) is 0 Å². The average Bonchev–Trinajstić information content (AvgIpc) is 3.65. The van der Waals surface area contributed by atoms with Crippen molar-refractivity contribution < 1.29 is 12.6 Å². The van der Waals surface area contributed by atoms with E-state index in [9.17, 15) is 18.0 Å². The average molecular weight is 615 g/mol. The first kappa shape index (κ1) is 23.3. The van der Waals surface area contributed by atoms with Gasteiger partial charge in [0.25, 0.3) is 11.1 Å². The predicted octanol–water partition coefficient (Wildman–Crippen LogP) is 6.32. The van der Waals surface area contributed by atoms with Crippen LogP contribution in [-0.2, 0) is 10.1 Å². The summed E-state index contributed by atoms with van der Waals surface area (Å²) in [6.07, 6.45) is 0. The monoisotopic (exact) mass is 614 g/mol. The van der Waals surface area contributed by atoms with Gasteiger partial charge < -0.3 is 4.18 Å². The van der Waals surface area contributed by atoms with Gasteiger partial charge in [-0.25, -0.2) is 9.97 Å². The standard InChI is InChI=1S/C36H14N4O5S/c41-35-17-11-9-15-16-10-12-18-28-20(34-38-22-6-2-4-8-24(22)40(34)36(18)42)14-26-32(30(16)28)31-25(45-46(26,43)44)13-19(27(17)29(15)31)33-37-21-5-1-3-7-23(21)39(33)35/h1-14H. The van der Waals surface area contributed by atoms with Crippen LogP contribution in [0.1, 0.15) is 0 Å². The Morgan fingerprint density at radius 3 is 1.61 bits per heavy atom. The van der Waals surface area contributed by atoms with Gasteiger partial charge in [-0.1, -0.05) is 36.4 Å². The first-order chi connectivity index (χ1) is 22.4. The van der Waals surface area contributed by atoms with Crippen LogP contribution in [0.25, 0.3) is 98.0 Å². The highest BCUT2D eigenvalue weighted by Gasteiger charge is 2.35. The number of aromatic nitrogens is 4. The summed E-state index contributed by atoms with van der Waals surface area (Å²) < 4.78 is 37.2. The van der Waals surface area contributed by atoms with E-state index in [2.05, 4.69) is 0 Å². The van der Waals surface area contributed by atoms with Crippen LogP contribution in [0.5, 0.6) is 5.75 Å². The van der Waals surface area contributed by atoms with Crippen molar-refractivity contribution >= 4 is 108 Å². The number of imidazole rings is 2. The molecular weight excluding hydrogens is 600 g/mol. The molecule has 11 aromatic rings. The fourth-order valence-corrected chi connectivity index (χ4v) is 9.40. The zero-order valence-corrected chi connectivity index (χ0v) is 24.1. The van der Waals surface area contributed by atoms with Gasteiger partial charge in [-0.15, -0.1) is 0 Å². The molecule has 1 aliphatic rings. The molecule has 0 unspecified atom stereocenters. The summed E-state index contributed by atoms with van der Waals surface area (Å²) in [4.78, 5) is 37.9. The number of benzene rings is 7. The van der Waals surface area contributed by atoms with Crippen molar-refractivity contribution in [3.05, 3.63) is 106 Å². The van der Waals surface area contributed by atoms with Crippen molar-refractivity contribution in [2.24, 2.45) is 0 Å². The van der Waals surface area contributed by atoms with Crippen LogP contribution in [0.4, 0.5) is 0 Å². The third-order valence-electron chi connectivity index (χ3n) is 9.97. The maximum Gasteiger partial charge on any atom is 0.339 e. The fraction of sp³-hybridized carbons (Fsp3) is 0. The normalized spacial score (nSPS) is 14.8. The van der Waals surface area contributed by atoms with E-state index in [1.54, 1.807) is 20.9 Å². The highest BCUT2D eigenvalue weighted by Crippen LogP contribution is 2.53. The fourth-order valence-electron chi connectivity index (χ4n) is 8.23. The molecule has 0 spiro atoms. The minimum absolute atomic E-state index is 0.00887. The Bertz CT molecular complexity index is 3510. The zero-order valence-electron chi connectivity index (χ0n) is 23.3. The maximum atomic E-state index is 14.1. The summed E-state index contributed by atoms with van der Waals surface area (Å²) in [5, 5.41) is 7.58. The molecule has 0 amide bonds. The lowest BCUT2D eigenvalue weighted by Gasteiger charge is -2.25. The van der Waals surface area contributed by atoms with E-state index in [1.807, 2.05) is 72.8 Å². The van der Waals surface area contributed by atoms with Crippen LogP contribution in [0.2, 0.25) is 0 Å². The molecule has 10 heteroatoms. The first-order valence-corrected chi connectivity index (χ1v) is 16.1. The number of pyridine rings is 2. The molecule has 0 atom stereocenters. The largest absolute Gasteiger partial charge is 0.378 e. The molecule has 46 heavy (non-hydrogen) atoms. The summed E-state index contributed by atoms with van der Waals surface area (Å²) in [5.41, 5.74) is 3.02. The molecule has 0 bridgehead atoms. The van der Waals surface area contributed by atoms with Crippen LogP contribution < -0.4 is 15.3 Å². The van der Waals surface area contributed by atoms with E-state index in [0.717, 1.165) is 16.2 Å². The molecule has 5 heterocycles. The van der Waals surface area contributed by atoms with E-state index in [-0.39, 0.29) is 21.8 Å². The third kappa shape index (κ3) is 2.32. The van der Waals surface area contributed by atoms with Gasteiger partial charge >= 0.3 is 10.1 Å². The Morgan fingerprint density at radius 2 is 1.02 bits per heavy atom. The van der Waals surface area contributed by atoms with Crippen molar-refractivity contribution in [1.82, 2.24) is 18.8 Å². The van der Waals surface area contributed by atoms with E-state index < -0.39 is 10.1 Å². The van der Waals surface area contributed by atoms with Gasteiger partial charge in [0.1, 0.15) is 16.2 Å². The summed E-state index contributed by atoms with van der Waals surface area (Å²) in [6.45, 7) is 0. The molecule has 0 aliphatic carbocycles. The van der Waals surface area contributed by atoms with Crippen LogP contribution in [0.15, 0.2) is 99.4 Å². The smallest absolute Gasteiger partial charge is 0.339 e. The quantitative estimate of drug-likeness (QED) is 0.112. The Morgan fingerprint density at radius 1 is 0.522 bits per heavy atom. The minimum Gasteiger partial charge on any atom is -0.378 e. The highest BCUT2D eigenvalue weighted by atomic mass is 32.2. The Labute approximate surface area is 255 Å². The Hall–Kier alpha value is -6.13. The van der Waals surface area contributed by atoms with Gasteiger partial charge in [-0.2, -0.15) is 8.42 Å². The molecule has 4 aromatic heterocycles. The molecule has 0 N–H and O–H groups in total. The number of fused-ring (bicyclic) bond motifs is 9. The third-order valence-corrected chi connectivity index (χ3v) is 11.2. The number of para-hydroxylation sites is 4. The second-order valence-electron chi connectivity index (χ2n) is 12.1. The molecule has 0 saturated carbocycles. The molecule has 0 radical (unpaired) electrons. The van der Waals surface area contributed by atoms with Crippen LogP contribution >= 0.6 is 0 Å². The minimum atomic E-state index is -4.31. The number of hydrogen-bond acceptors (Lipinski definition) is 7. The Balaban J connectivity index is 1.42. The van der Waals surface area contributed by atoms with E-state index >= 15 is 0 Å². The molecule has 214 valence electrons. The van der Waals surface area contributed by atoms with Gasteiger partial charge in [-0.3, -0.25) is 18.4 Å². The molecule has 1 aliphatic heterocycles. The van der Waals surface area contributed by atoms with Crippen molar-refractivity contribution in [3.63, 3.8) is 0 Å². The predicted molar refractivity (Wildman–Crippen MR) is 178 cm³/mol. The summed E-state index contributed by atoms with van der Waals surface area (Å²) in [5.74, 6) is 0.169. The van der Waals surface area contributed by atoms with E-state index in [4.69, 9.17) is 14.2 Å². The van der Waals surface area contributed by atoms with Gasteiger partial charge in [0, 0.05) is 53.9 Å². The first-order valence-electron chi connectivity index (χ1n) is 14.7. The lowest BCUT2D eigenvalue weighted by atomic mass is 9.85. The molecule has 12 rings (SSSR count). The van der Waals surface area contributed by atoms with Gasteiger partial charge in [0.15, 0.2) is 5.75 Å². The summed E-state index contributed by atoms with van der Waals surface area (Å²) in [6, 6.07) is 25.5. The van der Waals surface area contributed by atoms with Crippen molar-refractivity contribution in [2.45, 2.75) is 4.90 Å². The molecule has 9 nitrogen and oxygen atoms in total. The second kappa shape index (κ2) is 7.06. The zero-order chi connectivity index (χ0) is 30.4. The van der Waals surface area contributed by atoms with E-state index in [0.29, 0.717) is 81.8 Å². The van der Waals surface area contributed by atoms with Crippen molar-refractivity contribution in [1.29, 1.82) is 0 Å². The number of hydrogen-bond donors (Lipinski definition) is 0. The second-order valence-corrected chi connectivity index (χ2v) is 13.6. The lowest BCUT2D eigenvalue weighted by Crippen LogP contribution is -2.18. The van der Waals surface area contributed by atoms with Gasteiger partial charge in [0.05, 0.1) is 22.1 Å². The van der Waals surface area contributed by atoms with Crippen LogP contribution in [-0.4, -0.2) is 27.2 Å². The topological polar surface area (TPSA) is 112 Å². The van der Waals surface area contributed by atoms with Crippen molar-refractivity contribution in [3.8, 4) is 5.75 Å². The highest BCUT2D eigenvalue weighted by molar-refractivity contribution is 7.87. The molecular formula is C36H14N4O5S.